The number of amides is 2. The van der Waals surface area contributed by atoms with Gasteiger partial charge < -0.3 is 4.90 Å². The lowest BCUT2D eigenvalue weighted by molar-refractivity contribution is 0.227. The summed E-state index contributed by atoms with van der Waals surface area (Å²) < 4.78 is 0. The second-order valence-corrected chi connectivity index (χ2v) is 1.27. The molecule has 0 heterocycles. The first-order chi connectivity index (χ1) is 3.18. The van der Waals surface area contributed by atoms with Gasteiger partial charge in [0, 0.05) is 19.3 Å². The smallest absolute Gasteiger partial charge is 0.327 e. The van der Waals surface area contributed by atoms with Crippen molar-refractivity contribution in [3.8, 4) is 0 Å². The van der Waals surface area contributed by atoms with Crippen molar-refractivity contribution >= 4 is 6.03 Å². The Morgan fingerprint density at radius 1 is 1.57 bits per heavy atom. The largest absolute Gasteiger partial charge is 0.380 e. The fraction of sp³-hybridized carbons (Fsp3) is 0.667. The minimum Gasteiger partial charge on any atom is -0.327 e. The summed E-state index contributed by atoms with van der Waals surface area (Å²) in [5.41, 5.74) is 0. The molecule has 0 aromatic heterocycles. The van der Waals surface area contributed by atoms with Crippen molar-refractivity contribution in [3.05, 3.63) is 4.91 Å². The molecule has 0 fully saturated rings. The van der Waals surface area contributed by atoms with Gasteiger partial charge in [0.2, 0.25) is 0 Å². The molecule has 40 valence electrons. The lowest BCUT2D eigenvalue weighted by Crippen LogP contribution is -2.16. The van der Waals surface area contributed by atoms with Crippen molar-refractivity contribution in [1.82, 2.24) is 4.90 Å². The molecule has 2 amide bonds. The highest BCUT2D eigenvalue weighted by molar-refractivity contribution is 5.73. The zero-order valence-corrected chi connectivity index (χ0v) is 4.21. The average molecular weight is 102 g/mol. The highest BCUT2D eigenvalue weighted by Gasteiger charge is 1.98. The van der Waals surface area contributed by atoms with Crippen LogP contribution in [0.5, 0.6) is 0 Å². The van der Waals surface area contributed by atoms with Crippen LogP contribution in [0.2, 0.25) is 0 Å². The molecule has 0 atom stereocenters. The summed E-state index contributed by atoms with van der Waals surface area (Å²) in [6, 6.07) is -0.750. The fourth-order valence-electron chi connectivity index (χ4n) is 0.0816. The van der Waals surface area contributed by atoms with Gasteiger partial charge >= 0.3 is 6.03 Å². The molecule has 0 bridgehead atoms. The van der Waals surface area contributed by atoms with Crippen molar-refractivity contribution in [2.45, 2.75) is 0 Å². The second-order valence-electron chi connectivity index (χ2n) is 1.27. The van der Waals surface area contributed by atoms with E-state index in [4.69, 9.17) is 0 Å². The zero-order valence-electron chi connectivity index (χ0n) is 4.21. The van der Waals surface area contributed by atoms with Gasteiger partial charge in [0.05, 0.1) is 0 Å². The normalized spacial score (nSPS) is 7.71. The number of urea groups is 1. The highest BCUT2D eigenvalue weighted by Crippen LogP contribution is 1.79. The maximum Gasteiger partial charge on any atom is 0.380 e. The van der Waals surface area contributed by atoms with Crippen LogP contribution < -0.4 is 0 Å². The van der Waals surface area contributed by atoms with E-state index >= 15 is 0 Å². The quantitative estimate of drug-likeness (QED) is 0.416. The van der Waals surface area contributed by atoms with E-state index < -0.39 is 6.03 Å². The van der Waals surface area contributed by atoms with Gasteiger partial charge in [-0.25, -0.2) is 4.79 Å². The lowest BCUT2D eigenvalue weighted by Gasteiger charge is -1.99. The van der Waals surface area contributed by atoms with Gasteiger partial charge in [-0.15, -0.1) is 4.91 Å². The van der Waals surface area contributed by atoms with Crippen LogP contribution in [0.4, 0.5) is 4.79 Å². The molecular formula is C3H6N2O2. The Hall–Kier alpha value is -0.930. The summed E-state index contributed by atoms with van der Waals surface area (Å²) in [6.07, 6.45) is 0. The molecule has 0 N–H and O–H groups in total. The predicted octanol–water partition coefficient (Wildman–Crippen LogP) is 0.434. The third-order valence-corrected chi connectivity index (χ3v) is 0.461. The Balaban J connectivity index is 3.56. The highest BCUT2D eigenvalue weighted by atomic mass is 16.3. The van der Waals surface area contributed by atoms with Crippen molar-refractivity contribution in [3.63, 3.8) is 0 Å². The number of carbonyl (C=O) groups is 1. The second kappa shape index (κ2) is 2.28. The van der Waals surface area contributed by atoms with Crippen LogP contribution in [0.25, 0.3) is 0 Å². The molecule has 0 spiro atoms. The SMILES string of the molecule is CN(C)C(=O)N=O. The number of nitrogens with zero attached hydrogens (tertiary/aromatic N) is 2. The van der Waals surface area contributed by atoms with Crippen molar-refractivity contribution < 1.29 is 4.79 Å². The molecule has 0 saturated heterocycles. The molecule has 0 aliphatic rings. The van der Waals surface area contributed by atoms with Crippen molar-refractivity contribution in [2.75, 3.05) is 14.1 Å². The van der Waals surface area contributed by atoms with Crippen molar-refractivity contribution in [1.29, 1.82) is 0 Å². The number of rotatable bonds is 0. The zero-order chi connectivity index (χ0) is 5.86. The van der Waals surface area contributed by atoms with Crippen LogP contribution in [-0.2, 0) is 0 Å². The van der Waals surface area contributed by atoms with Crippen LogP contribution >= 0.6 is 0 Å². The molecular weight excluding hydrogens is 96.0 g/mol. The van der Waals surface area contributed by atoms with E-state index in [0.29, 0.717) is 0 Å². The van der Waals surface area contributed by atoms with Gasteiger partial charge in [-0.2, -0.15) is 0 Å². The maximum absolute atomic E-state index is 9.96. The van der Waals surface area contributed by atoms with Gasteiger partial charge in [-0.05, 0) is 0 Å². The van der Waals surface area contributed by atoms with Crippen LogP contribution in [-0.4, -0.2) is 25.0 Å². The molecule has 4 nitrogen and oxygen atoms in total. The Morgan fingerprint density at radius 2 is 2.00 bits per heavy atom. The van der Waals surface area contributed by atoms with Gasteiger partial charge in [-0.3, -0.25) is 0 Å². The van der Waals surface area contributed by atoms with Crippen molar-refractivity contribution in [2.24, 2.45) is 5.18 Å². The lowest BCUT2D eigenvalue weighted by atomic mass is 10.9. The minimum absolute atomic E-state index is 0.750. The number of nitroso groups, excluding NO2 is 1. The van der Waals surface area contributed by atoms with Gasteiger partial charge in [0.25, 0.3) is 0 Å². The summed E-state index contributed by atoms with van der Waals surface area (Å²) in [5, 5.41) is 2.12. The van der Waals surface area contributed by atoms with Crippen LogP contribution in [0.15, 0.2) is 5.18 Å². The Morgan fingerprint density at radius 3 is 2.00 bits per heavy atom. The summed E-state index contributed by atoms with van der Waals surface area (Å²) >= 11 is 0. The van der Waals surface area contributed by atoms with Gasteiger partial charge in [0.1, 0.15) is 0 Å². The van der Waals surface area contributed by atoms with E-state index in [1.54, 1.807) is 0 Å². The molecule has 0 aliphatic heterocycles. The molecule has 0 unspecified atom stereocenters. The third kappa shape index (κ3) is 1.86. The topological polar surface area (TPSA) is 49.7 Å². The van der Waals surface area contributed by atoms with E-state index in [2.05, 4.69) is 5.18 Å². The summed E-state index contributed by atoms with van der Waals surface area (Å²) in [4.78, 5) is 20.4. The first-order valence-electron chi connectivity index (χ1n) is 1.73. The third-order valence-electron chi connectivity index (χ3n) is 0.461. The molecule has 4 heteroatoms. The molecule has 0 rings (SSSR count). The molecule has 0 aliphatic carbocycles. The molecule has 0 radical (unpaired) electrons. The average Bonchev–Trinajstić information content (AvgIpc) is 1.65. The number of hydrogen-bond acceptors (Lipinski definition) is 2. The maximum atomic E-state index is 9.96. The first-order valence-corrected chi connectivity index (χ1v) is 1.73. The predicted molar refractivity (Wildman–Crippen MR) is 24.9 cm³/mol. The number of hydrogen-bond donors (Lipinski definition) is 0. The Labute approximate surface area is 41.1 Å². The monoisotopic (exact) mass is 102 g/mol. The fourth-order valence-corrected chi connectivity index (χ4v) is 0.0816. The van der Waals surface area contributed by atoms with E-state index in [-0.39, 0.29) is 0 Å². The molecule has 7 heavy (non-hydrogen) atoms. The molecule has 0 aromatic rings. The first kappa shape index (κ1) is 6.07. The van der Waals surface area contributed by atoms with Crippen LogP contribution in [0.3, 0.4) is 0 Å². The van der Waals surface area contributed by atoms with E-state index in [1.165, 1.54) is 14.1 Å². The number of carbonyl (C=O) groups excluding carboxylic acids is 1. The molecule has 0 saturated carbocycles. The Kier molecular flexibility index (Phi) is 1.98. The van der Waals surface area contributed by atoms with Gasteiger partial charge in [0.15, 0.2) is 0 Å². The van der Waals surface area contributed by atoms with Crippen LogP contribution in [0.1, 0.15) is 0 Å². The Bertz CT molecular complexity index is 88.9. The molecule has 0 aromatic carbocycles. The van der Waals surface area contributed by atoms with E-state index in [0.717, 1.165) is 4.90 Å². The van der Waals surface area contributed by atoms with E-state index in [1.807, 2.05) is 0 Å². The summed E-state index contributed by atoms with van der Waals surface area (Å²) in [5.74, 6) is 0. The summed E-state index contributed by atoms with van der Waals surface area (Å²) in [7, 11) is 2.92. The summed E-state index contributed by atoms with van der Waals surface area (Å²) in [6.45, 7) is 0. The van der Waals surface area contributed by atoms with Gasteiger partial charge in [-0.1, -0.05) is 0 Å². The standard InChI is InChI=1S/C3H6N2O2/c1-5(2)3(6)4-7/h1-2H3. The van der Waals surface area contributed by atoms with Crippen LogP contribution in [0, 0.1) is 4.91 Å². The minimum atomic E-state index is -0.750. The van der Waals surface area contributed by atoms with E-state index in [9.17, 15) is 9.70 Å².